The van der Waals surface area contributed by atoms with E-state index in [9.17, 15) is 9.59 Å². The smallest absolute Gasteiger partial charge is 0.176 e. The Morgan fingerprint density at radius 1 is 1.50 bits per heavy atom. The highest BCUT2D eigenvalue weighted by molar-refractivity contribution is 9.10. The van der Waals surface area contributed by atoms with Crippen molar-refractivity contribution in [1.29, 1.82) is 0 Å². The monoisotopic (exact) mass is 318 g/mol. The van der Waals surface area contributed by atoms with Gasteiger partial charge in [-0.15, -0.1) is 0 Å². The molecule has 1 atom stereocenters. The van der Waals surface area contributed by atoms with E-state index in [-0.39, 0.29) is 10.6 Å². The van der Waals surface area contributed by atoms with Crippen molar-refractivity contribution in [3.8, 4) is 0 Å². The first-order valence-electron chi connectivity index (χ1n) is 3.99. The first-order valence-corrected chi connectivity index (χ1v) is 5.70. The second-order valence-corrected chi connectivity index (χ2v) is 5.12. The standard InChI is InChI=1S/C10H8Br2O2/c1-6(11)10(14)9-4-8(12)3-2-7(9)5-13/h2-6H,1H3. The van der Waals surface area contributed by atoms with E-state index >= 15 is 0 Å². The molecule has 0 bridgehead atoms. The van der Waals surface area contributed by atoms with Crippen LogP contribution in [0.2, 0.25) is 0 Å². The van der Waals surface area contributed by atoms with Gasteiger partial charge in [0.1, 0.15) is 0 Å². The number of hydrogen-bond donors (Lipinski definition) is 0. The van der Waals surface area contributed by atoms with E-state index in [1.807, 2.05) is 0 Å². The average Bonchev–Trinajstić information content (AvgIpc) is 2.16. The summed E-state index contributed by atoms with van der Waals surface area (Å²) in [4.78, 5) is 22.1. The Morgan fingerprint density at radius 3 is 2.64 bits per heavy atom. The summed E-state index contributed by atoms with van der Waals surface area (Å²) in [5.74, 6) is -0.0894. The molecule has 1 aromatic rings. The first kappa shape index (κ1) is 11.6. The lowest BCUT2D eigenvalue weighted by molar-refractivity contribution is 0.0989. The van der Waals surface area contributed by atoms with Crippen molar-refractivity contribution in [1.82, 2.24) is 0 Å². The fourth-order valence-electron chi connectivity index (χ4n) is 1.06. The van der Waals surface area contributed by atoms with Crippen LogP contribution in [0.3, 0.4) is 0 Å². The normalized spacial score (nSPS) is 12.2. The molecule has 0 radical (unpaired) electrons. The molecule has 0 aliphatic carbocycles. The van der Waals surface area contributed by atoms with Crippen molar-refractivity contribution in [3.63, 3.8) is 0 Å². The second-order valence-electron chi connectivity index (χ2n) is 2.83. The number of carbonyl (C=O) groups is 2. The summed E-state index contributed by atoms with van der Waals surface area (Å²) in [6.45, 7) is 1.73. The van der Waals surface area contributed by atoms with Crippen LogP contribution >= 0.6 is 31.9 Å². The molecule has 0 N–H and O–H groups in total. The Hall–Kier alpha value is -0.480. The van der Waals surface area contributed by atoms with Crippen LogP contribution in [0, 0.1) is 0 Å². The van der Waals surface area contributed by atoms with Gasteiger partial charge in [-0.05, 0) is 25.1 Å². The van der Waals surface area contributed by atoms with E-state index in [1.54, 1.807) is 25.1 Å². The number of aldehydes is 1. The van der Waals surface area contributed by atoms with Crippen LogP contribution in [0.4, 0.5) is 0 Å². The molecular weight excluding hydrogens is 312 g/mol. The van der Waals surface area contributed by atoms with Gasteiger partial charge < -0.3 is 0 Å². The predicted molar refractivity (Wildman–Crippen MR) is 62.2 cm³/mol. The fraction of sp³-hybridized carbons (Fsp3) is 0.200. The summed E-state index contributed by atoms with van der Waals surface area (Å²) < 4.78 is 0.791. The van der Waals surface area contributed by atoms with E-state index < -0.39 is 0 Å². The zero-order chi connectivity index (χ0) is 10.7. The fourth-order valence-corrected chi connectivity index (χ4v) is 1.67. The molecule has 1 aromatic carbocycles. The Bertz CT molecular complexity index is 372. The van der Waals surface area contributed by atoms with Crippen LogP contribution in [0.15, 0.2) is 22.7 Å². The Labute approximate surface area is 98.9 Å². The van der Waals surface area contributed by atoms with Crippen LogP contribution < -0.4 is 0 Å². The number of rotatable bonds is 3. The van der Waals surface area contributed by atoms with E-state index in [4.69, 9.17) is 0 Å². The number of halogens is 2. The van der Waals surface area contributed by atoms with Crippen LogP contribution in [0.25, 0.3) is 0 Å². The van der Waals surface area contributed by atoms with Gasteiger partial charge in [-0.1, -0.05) is 31.9 Å². The lowest BCUT2D eigenvalue weighted by Gasteiger charge is -2.05. The molecule has 74 valence electrons. The molecule has 0 aliphatic heterocycles. The zero-order valence-electron chi connectivity index (χ0n) is 7.46. The highest BCUT2D eigenvalue weighted by Gasteiger charge is 2.15. The van der Waals surface area contributed by atoms with Crippen molar-refractivity contribution in [2.75, 3.05) is 0 Å². The number of Topliss-reactive ketones (excluding diaryl/α,β-unsaturated/α-hetero) is 1. The van der Waals surface area contributed by atoms with E-state index in [2.05, 4.69) is 31.9 Å². The minimum atomic E-state index is -0.282. The highest BCUT2D eigenvalue weighted by atomic mass is 79.9. The quantitative estimate of drug-likeness (QED) is 0.487. The van der Waals surface area contributed by atoms with Gasteiger partial charge in [0.25, 0.3) is 0 Å². The lowest BCUT2D eigenvalue weighted by Crippen LogP contribution is -2.12. The molecule has 1 unspecified atom stereocenters. The number of ketones is 1. The predicted octanol–water partition coefficient (Wildman–Crippen LogP) is 3.23. The topological polar surface area (TPSA) is 34.1 Å². The first-order chi connectivity index (χ1) is 6.56. The molecule has 2 nitrogen and oxygen atoms in total. The zero-order valence-corrected chi connectivity index (χ0v) is 10.6. The molecule has 0 heterocycles. The largest absolute Gasteiger partial charge is 0.298 e. The number of alkyl halides is 1. The third-order valence-electron chi connectivity index (χ3n) is 1.77. The molecule has 0 aliphatic rings. The summed E-state index contributed by atoms with van der Waals surface area (Å²) in [6.07, 6.45) is 0.690. The van der Waals surface area contributed by atoms with Crippen LogP contribution in [-0.2, 0) is 0 Å². The number of carbonyl (C=O) groups excluding carboxylic acids is 2. The van der Waals surface area contributed by atoms with Gasteiger partial charge in [-0.2, -0.15) is 0 Å². The summed E-state index contributed by atoms with van der Waals surface area (Å²) in [5, 5.41) is 0. The third-order valence-corrected chi connectivity index (χ3v) is 2.68. The highest BCUT2D eigenvalue weighted by Crippen LogP contribution is 2.19. The van der Waals surface area contributed by atoms with E-state index in [0.717, 1.165) is 4.47 Å². The van der Waals surface area contributed by atoms with Crippen LogP contribution in [-0.4, -0.2) is 16.9 Å². The van der Waals surface area contributed by atoms with Crippen molar-refractivity contribution in [3.05, 3.63) is 33.8 Å². The maximum Gasteiger partial charge on any atom is 0.176 e. The molecule has 4 heteroatoms. The van der Waals surface area contributed by atoms with Gasteiger partial charge in [0, 0.05) is 15.6 Å². The molecule has 0 amide bonds. The molecule has 0 saturated carbocycles. The Balaban J connectivity index is 3.23. The van der Waals surface area contributed by atoms with E-state index in [0.29, 0.717) is 17.4 Å². The third kappa shape index (κ3) is 2.51. The minimum absolute atomic E-state index is 0.0894. The van der Waals surface area contributed by atoms with Crippen LogP contribution in [0.5, 0.6) is 0 Å². The van der Waals surface area contributed by atoms with Crippen molar-refractivity contribution >= 4 is 43.9 Å². The molecule has 0 fully saturated rings. The molecule has 0 saturated heterocycles. The van der Waals surface area contributed by atoms with Gasteiger partial charge in [-0.25, -0.2) is 0 Å². The molecule has 0 spiro atoms. The number of benzene rings is 1. The van der Waals surface area contributed by atoms with Crippen molar-refractivity contribution < 1.29 is 9.59 Å². The second kappa shape index (κ2) is 4.84. The SMILES string of the molecule is CC(Br)C(=O)c1cc(Br)ccc1C=O. The van der Waals surface area contributed by atoms with Crippen molar-refractivity contribution in [2.24, 2.45) is 0 Å². The number of hydrogen-bond acceptors (Lipinski definition) is 2. The average molecular weight is 320 g/mol. The van der Waals surface area contributed by atoms with Gasteiger partial charge >= 0.3 is 0 Å². The Kier molecular flexibility index (Phi) is 4.01. The van der Waals surface area contributed by atoms with Gasteiger partial charge in [0.05, 0.1) is 4.83 Å². The molecule has 1 rings (SSSR count). The van der Waals surface area contributed by atoms with Gasteiger partial charge in [0.15, 0.2) is 12.1 Å². The van der Waals surface area contributed by atoms with Gasteiger partial charge in [-0.3, -0.25) is 9.59 Å². The summed E-state index contributed by atoms with van der Waals surface area (Å²) >= 11 is 6.44. The lowest BCUT2D eigenvalue weighted by atomic mass is 10.0. The molecule has 14 heavy (non-hydrogen) atoms. The summed E-state index contributed by atoms with van der Waals surface area (Å²) in [5.41, 5.74) is 0.864. The van der Waals surface area contributed by atoms with E-state index in [1.165, 1.54) is 0 Å². The molecular formula is C10H8Br2O2. The van der Waals surface area contributed by atoms with Crippen molar-refractivity contribution in [2.45, 2.75) is 11.8 Å². The van der Waals surface area contributed by atoms with Crippen LogP contribution in [0.1, 0.15) is 27.6 Å². The molecule has 0 aromatic heterocycles. The minimum Gasteiger partial charge on any atom is -0.298 e. The van der Waals surface area contributed by atoms with Gasteiger partial charge in [0.2, 0.25) is 0 Å². The maximum atomic E-state index is 11.6. The summed E-state index contributed by atoms with van der Waals surface area (Å²) in [7, 11) is 0. The Morgan fingerprint density at radius 2 is 2.14 bits per heavy atom. The maximum absolute atomic E-state index is 11.6. The summed E-state index contributed by atoms with van der Waals surface area (Å²) in [6, 6.07) is 5.02.